The first-order chi connectivity index (χ1) is 6.84. The average Bonchev–Trinajstić information content (AvgIpc) is 2.82. The molecule has 6 heteroatoms. The average molecular weight is 212 g/mol. The molecule has 5 nitrogen and oxygen atoms in total. The van der Waals surface area contributed by atoms with Gasteiger partial charge in [0, 0.05) is 19.0 Å². The third-order valence-electron chi connectivity index (χ3n) is 1.94. The van der Waals surface area contributed by atoms with Crippen molar-refractivity contribution in [2.45, 2.75) is 25.3 Å². The third-order valence-corrected chi connectivity index (χ3v) is 2.21. The molecule has 0 aliphatic heterocycles. The largest absolute Gasteiger partial charge is 0.362 e. The summed E-state index contributed by atoms with van der Waals surface area (Å²) >= 11 is 5.08. The molecule has 76 valence electrons. The van der Waals surface area contributed by atoms with Gasteiger partial charge in [0.1, 0.15) is 0 Å². The van der Waals surface area contributed by atoms with Crippen molar-refractivity contribution in [1.82, 2.24) is 20.8 Å². The first-order valence-corrected chi connectivity index (χ1v) is 5.05. The van der Waals surface area contributed by atoms with Crippen LogP contribution in [0.15, 0.2) is 10.9 Å². The maximum atomic E-state index is 5.08. The van der Waals surface area contributed by atoms with Crippen molar-refractivity contribution in [2.75, 3.05) is 6.54 Å². The van der Waals surface area contributed by atoms with E-state index in [4.69, 9.17) is 16.7 Å². The van der Waals surface area contributed by atoms with Crippen molar-refractivity contribution in [3.05, 3.63) is 12.2 Å². The molecule has 2 rings (SSSR count). The SMILES string of the molecule is S=C(NCCc1ncno1)NC1CC1. The number of thiocarbonyl (C=S) groups is 1. The molecule has 1 heterocycles. The van der Waals surface area contributed by atoms with E-state index in [1.165, 1.54) is 19.2 Å². The summed E-state index contributed by atoms with van der Waals surface area (Å²) in [7, 11) is 0. The molecule has 0 amide bonds. The zero-order chi connectivity index (χ0) is 9.80. The van der Waals surface area contributed by atoms with E-state index in [1.807, 2.05) is 0 Å². The molecule has 2 N–H and O–H groups in total. The van der Waals surface area contributed by atoms with Gasteiger partial charge in [-0.05, 0) is 25.1 Å². The van der Waals surface area contributed by atoms with Crippen molar-refractivity contribution in [1.29, 1.82) is 0 Å². The molecular formula is C8H12N4OS. The van der Waals surface area contributed by atoms with Crippen LogP contribution in [0, 0.1) is 0 Å². The van der Waals surface area contributed by atoms with Gasteiger partial charge < -0.3 is 15.2 Å². The Bertz CT molecular complexity index is 296. The van der Waals surface area contributed by atoms with Gasteiger partial charge in [0.25, 0.3) is 0 Å². The van der Waals surface area contributed by atoms with E-state index in [0.717, 1.165) is 6.54 Å². The van der Waals surface area contributed by atoms with E-state index >= 15 is 0 Å². The normalized spacial score (nSPS) is 15.1. The number of hydrogen-bond donors (Lipinski definition) is 2. The van der Waals surface area contributed by atoms with Crippen LogP contribution in [0.25, 0.3) is 0 Å². The highest BCUT2D eigenvalue weighted by Crippen LogP contribution is 2.18. The van der Waals surface area contributed by atoms with E-state index in [1.54, 1.807) is 0 Å². The Balaban J connectivity index is 1.60. The molecule has 1 fully saturated rings. The fourth-order valence-electron chi connectivity index (χ4n) is 1.05. The zero-order valence-electron chi connectivity index (χ0n) is 7.69. The summed E-state index contributed by atoms with van der Waals surface area (Å²) in [5.41, 5.74) is 0. The van der Waals surface area contributed by atoms with Gasteiger partial charge in [-0.1, -0.05) is 5.16 Å². The molecule has 1 aliphatic carbocycles. The standard InChI is InChI=1S/C8H12N4OS/c14-8(12-6-1-2-6)9-4-3-7-10-5-11-13-7/h5-6H,1-4H2,(H2,9,12,14). The van der Waals surface area contributed by atoms with Gasteiger partial charge in [0.2, 0.25) is 5.89 Å². The van der Waals surface area contributed by atoms with Crippen LogP contribution in [-0.2, 0) is 6.42 Å². The van der Waals surface area contributed by atoms with E-state index in [2.05, 4.69) is 20.8 Å². The lowest BCUT2D eigenvalue weighted by Gasteiger charge is -2.07. The van der Waals surface area contributed by atoms with Crippen LogP contribution in [0.3, 0.4) is 0 Å². The van der Waals surface area contributed by atoms with Crippen LogP contribution in [0.1, 0.15) is 18.7 Å². The summed E-state index contributed by atoms with van der Waals surface area (Å²) < 4.78 is 4.84. The predicted molar refractivity (Wildman–Crippen MR) is 54.8 cm³/mol. The molecule has 0 aromatic carbocycles. The second-order valence-electron chi connectivity index (χ2n) is 3.26. The quantitative estimate of drug-likeness (QED) is 0.697. The summed E-state index contributed by atoms with van der Waals surface area (Å²) in [4.78, 5) is 3.90. The zero-order valence-corrected chi connectivity index (χ0v) is 8.51. The first-order valence-electron chi connectivity index (χ1n) is 4.64. The van der Waals surface area contributed by atoms with Crippen LogP contribution in [-0.4, -0.2) is 27.8 Å². The molecule has 1 aromatic heterocycles. The number of nitrogens with zero attached hydrogens (tertiary/aromatic N) is 2. The summed E-state index contributed by atoms with van der Waals surface area (Å²) in [6.45, 7) is 0.723. The van der Waals surface area contributed by atoms with E-state index in [-0.39, 0.29) is 0 Å². The fraction of sp³-hybridized carbons (Fsp3) is 0.625. The Labute approximate surface area is 87.3 Å². The molecule has 0 spiro atoms. The third kappa shape index (κ3) is 2.95. The molecule has 1 aromatic rings. The second kappa shape index (κ2) is 4.36. The molecule has 0 saturated heterocycles. The van der Waals surface area contributed by atoms with Gasteiger partial charge in [-0.3, -0.25) is 0 Å². The summed E-state index contributed by atoms with van der Waals surface area (Å²) in [6.07, 6.45) is 4.56. The molecule has 0 unspecified atom stereocenters. The highest BCUT2D eigenvalue weighted by atomic mass is 32.1. The lowest BCUT2D eigenvalue weighted by molar-refractivity contribution is 0.377. The molecular weight excluding hydrogens is 200 g/mol. The molecule has 1 aliphatic rings. The minimum absolute atomic E-state index is 0.596. The lowest BCUT2D eigenvalue weighted by atomic mass is 10.4. The number of nitrogens with one attached hydrogen (secondary N) is 2. The topological polar surface area (TPSA) is 63.0 Å². The molecule has 0 bridgehead atoms. The van der Waals surface area contributed by atoms with Crippen molar-refractivity contribution in [3.63, 3.8) is 0 Å². The summed E-state index contributed by atoms with van der Waals surface area (Å²) in [5.74, 6) is 0.631. The van der Waals surface area contributed by atoms with Gasteiger partial charge in [-0.15, -0.1) is 0 Å². The number of hydrogen-bond acceptors (Lipinski definition) is 4. The van der Waals surface area contributed by atoms with Crippen molar-refractivity contribution in [3.8, 4) is 0 Å². The van der Waals surface area contributed by atoms with Crippen molar-refractivity contribution in [2.24, 2.45) is 0 Å². The Morgan fingerprint density at radius 1 is 1.64 bits per heavy atom. The van der Waals surface area contributed by atoms with Crippen molar-refractivity contribution < 1.29 is 4.52 Å². The summed E-state index contributed by atoms with van der Waals surface area (Å²) in [6, 6.07) is 0.596. The van der Waals surface area contributed by atoms with Crippen LogP contribution in [0.4, 0.5) is 0 Å². The van der Waals surface area contributed by atoms with Gasteiger partial charge in [-0.2, -0.15) is 4.98 Å². The van der Waals surface area contributed by atoms with Gasteiger partial charge in [0.05, 0.1) is 0 Å². The highest BCUT2D eigenvalue weighted by molar-refractivity contribution is 7.80. The highest BCUT2D eigenvalue weighted by Gasteiger charge is 2.21. The number of aromatic nitrogens is 2. The van der Waals surface area contributed by atoms with E-state index in [9.17, 15) is 0 Å². The monoisotopic (exact) mass is 212 g/mol. The Hall–Kier alpha value is -1.17. The van der Waals surface area contributed by atoms with Crippen LogP contribution in [0.5, 0.6) is 0 Å². The first kappa shape index (κ1) is 9.39. The van der Waals surface area contributed by atoms with Gasteiger partial charge in [-0.25, -0.2) is 0 Å². The minimum atomic E-state index is 0.596. The Morgan fingerprint density at radius 3 is 3.14 bits per heavy atom. The smallest absolute Gasteiger partial charge is 0.228 e. The molecule has 0 radical (unpaired) electrons. The fourth-order valence-corrected chi connectivity index (χ4v) is 1.32. The minimum Gasteiger partial charge on any atom is -0.362 e. The summed E-state index contributed by atoms with van der Waals surface area (Å²) in [5, 5.41) is 10.5. The second-order valence-corrected chi connectivity index (χ2v) is 3.67. The van der Waals surface area contributed by atoms with E-state index < -0.39 is 0 Å². The maximum absolute atomic E-state index is 5.08. The van der Waals surface area contributed by atoms with Crippen LogP contribution in [0.2, 0.25) is 0 Å². The Morgan fingerprint density at radius 2 is 2.50 bits per heavy atom. The maximum Gasteiger partial charge on any atom is 0.228 e. The van der Waals surface area contributed by atoms with Crippen molar-refractivity contribution >= 4 is 17.3 Å². The van der Waals surface area contributed by atoms with Crippen LogP contribution < -0.4 is 10.6 Å². The Kier molecular flexibility index (Phi) is 2.93. The molecule has 1 saturated carbocycles. The number of rotatable bonds is 4. The lowest BCUT2D eigenvalue weighted by Crippen LogP contribution is -2.37. The van der Waals surface area contributed by atoms with Gasteiger partial charge >= 0.3 is 0 Å². The predicted octanol–water partition coefficient (Wildman–Crippen LogP) is 0.239. The molecule has 0 atom stereocenters. The molecule has 14 heavy (non-hydrogen) atoms. The van der Waals surface area contributed by atoms with Gasteiger partial charge in [0.15, 0.2) is 11.4 Å². The van der Waals surface area contributed by atoms with E-state index in [0.29, 0.717) is 23.5 Å². The van der Waals surface area contributed by atoms with Crippen LogP contribution >= 0.6 is 12.2 Å².